The van der Waals surface area contributed by atoms with Crippen molar-refractivity contribution in [3.05, 3.63) is 42.5 Å². The summed E-state index contributed by atoms with van der Waals surface area (Å²) in [5, 5.41) is 2.82. The van der Waals surface area contributed by atoms with Gasteiger partial charge in [-0.15, -0.1) is 0 Å². The highest BCUT2D eigenvalue weighted by molar-refractivity contribution is 7.00. The molecule has 1 aromatic heterocycles. The van der Waals surface area contributed by atoms with E-state index in [0.717, 1.165) is 22.8 Å². The van der Waals surface area contributed by atoms with Crippen molar-refractivity contribution in [2.45, 2.75) is 6.10 Å². The van der Waals surface area contributed by atoms with Crippen LogP contribution in [0.4, 0.5) is 5.69 Å². The summed E-state index contributed by atoms with van der Waals surface area (Å²) in [4.78, 5) is 12.3. The first-order valence-electron chi connectivity index (χ1n) is 6.71. The van der Waals surface area contributed by atoms with Gasteiger partial charge in [0.25, 0.3) is 5.91 Å². The van der Waals surface area contributed by atoms with Crippen molar-refractivity contribution in [2.75, 3.05) is 11.9 Å². The minimum absolute atomic E-state index is 0.184. The first-order valence-corrected chi connectivity index (χ1v) is 7.44. The molecule has 6 nitrogen and oxygen atoms in total. The Morgan fingerprint density at radius 2 is 1.95 bits per heavy atom. The Hall–Kier alpha value is -2.67. The van der Waals surface area contributed by atoms with Crippen LogP contribution in [0.15, 0.2) is 42.5 Å². The minimum atomic E-state index is -0.681. The summed E-state index contributed by atoms with van der Waals surface area (Å²) in [5.41, 5.74) is 2.23. The molecule has 2 aromatic carbocycles. The van der Waals surface area contributed by atoms with Gasteiger partial charge in [-0.2, -0.15) is 8.75 Å². The van der Waals surface area contributed by atoms with E-state index in [1.165, 1.54) is 0 Å². The van der Waals surface area contributed by atoms with Crippen molar-refractivity contribution in [3.63, 3.8) is 0 Å². The molecule has 22 heavy (non-hydrogen) atoms. The van der Waals surface area contributed by atoms with E-state index in [1.54, 1.807) is 18.2 Å². The van der Waals surface area contributed by atoms with Gasteiger partial charge in [-0.1, -0.05) is 12.1 Å². The van der Waals surface area contributed by atoms with Gasteiger partial charge >= 0.3 is 0 Å². The molecule has 1 aliphatic rings. The maximum absolute atomic E-state index is 12.3. The summed E-state index contributed by atoms with van der Waals surface area (Å²) in [6, 6.07) is 12.7. The second kappa shape index (κ2) is 5.27. The molecule has 0 radical (unpaired) electrons. The molecule has 110 valence electrons. The van der Waals surface area contributed by atoms with Gasteiger partial charge in [0.05, 0.1) is 11.7 Å². The lowest BCUT2D eigenvalue weighted by Crippen LogP contribution is -2.40. The van der Waals surface area contributed by atoms with E-state index in [1.807, 2.05) is 24.3 Å². The van der Waals surface area contributed by atoms with Gasteiger partial charge in [-0.3, -0.25) is 4.79 Å². The number of aromatic nitrogens is 2. The number of rotatable bonds is 2. The number of carbonyl (C=O) groups is 1. The molecule has 0 fully saturated rings. The number of fused-ring (bicyclic) bond motifs is 2. The highest BCUT2D eigenvalue weighted by atomic mass is 32.1. The van der Waals surface area contributed by atoms with Crippen molar-refractivity contribution < 1.29 is 14.3 Å². The van der Waals surface area contributed by atoms with Gasteiger partial charge in [0, 0.05) is 5.69 Å². The summed E-state index contributed by atoms with van der Waals surface area (Å²) >= 11 is 1.14. The van der Waals surface area contributed by atoms with E-state index in [9.17, 15) is 4.79 Å². The number of hydrogen-bond donors (Lipinski definition) is 1. The average molecular weight is 313 g/mol. The smallest absolute Gasteiger partial charge is 0.269 e. The predicted octanol–water partition coefficient (Wildman–Crippen LogP) is 2.47. The van der Waals surface area contributed by atoms with Crippen LogP contribution in [-0.4, -0.2) is 27.4 Å². The number of hydrogen-bond acceptors (Lipinski definition) is 6. The van der Waals surface area contributed by atoms with E-state index >= 15 is 0 Å². The van der Waals surface area contributed by atoms with Crippen LogP contribution in [0, 0.1) is 0 Å². The Kier molecular flexibility index (Phi) is 3.12. The molecule has 3 aromatic rings. The normalized spacial score (nSPS) is 16.5. The van der Waals surface area contributed by atoms with Crippen molar-refractivity contribution in [3.8, 4) is 11.5 Å². The van der Waals surface area contributed by atoms with Crippen LogP contribution in [0.2, 0.25) is 0 Å². The van der Waals surface area contributed by atoms with Crippen LogP contribution in [0.1, 0.15) is 0 Å². The lowest BCUT2D eigenvalue weighted by molar-refractivity contribution is -0.125. The van der Waals surface area contributed by atoms with Crippen LogP contribution in [0.5, 0.6) is 11.5 Å². The van der Waals surface area contributed by atoms with Gasteiger partial charge in [0.1, 0.15) is 17.6 Å². The molecule has 4 rings (SSSR count). The lowest BCUT2D eigenvalue weighted by atomic mass is 10.2. The summed E-state index contributed by atoms with van der Waals surface area (Å²) in [5.74, 6) is 0.978. The Bertz CT molecular complexity index is 849. The Labute approximate surface area is 130 Å². The van der Waals surface area contributed by atoms with Crippen molar-refractivity contribution in [2.24, 2.45) is 0 Å². The molecule has 1 N–H and O–H groups in total. The predicted molar refractivity (Wildman–Crippen MR) is 82.4 cm³/mol. The molecule has 1 aliphatic heterocycles. The number of ether oxygens (including phenoxy) is 2. The Morgan fingerprint density at radius 3 is 2.86 bits per heavy atom. The van der Waals surface area contributed by atoms with Crippen molar-refractivity contribution >= 4 is 34.4 Å². The quantitative estimate of drug-likeness (QED) is 0.787. The van der Waals surface area contributed by atoms with Crippen LogP contribution in [0.25, 0.3) is 11.0 Å². The highest BCUT2D eigenvalue weighted by Gasteiger charge is 2.27. The summed E-state index contributed by atoms with van der Waals surface area (Å²) in [6.07, 6.45) is -0.681. The van der Waals surface area contributed by atoms with Crippen molar-refractivity contribution in [1.29, 1.82) is 0 Å². The number of carbonyl (C=O) groups excluding carboxylic acids is 1. The molecular weight excluding hydrogens is 302 g/mol. The maximum Gasteiger partial charge on any atom is 0.269 e. The van der Waals surface area contributed by atoms with Crippen LogP contribution < -0.4 is 14.8 Å². The molecule has 1 atom stereocenters. The van der Waals surface area contributed by atoms with E-state index < -0.39 is 6.10 Å². The van der Waals surface area contributed by atoms with Crippen LogP contribution in [-0.2, 0) is 4.79 Å². The van der Waals surface area contributed by atoms with Gasteiger partial charge in [-0.05, 0) is 30.3 Å². The Balaban J connectivity index is 1.50. The largest absolute Gasteiger partial charge is 0.485 e. The van der Waals surface area contributed by atoms with E-state index in [0.29, 0.717) is 17.2 Å². The van der Waals surface area contributed by atoms with E-state index in [4.69, 9.17) is 9.47 Å². The van der Waals surface area contributed by atoms with Crippen LogP contribution >= 0.6 is 11.7 Å². The second-order valence-electron chi connectivity index (χ2n) is 4.82. The molecule has 0 spiro atoms. The second-order valence-corrected chi connectivity index (χ2v) is 5.35. The fraction of sp³-hybridized carbons (Fsp3) is 0.133. The number of para-hydroxylation sites is 2. The number of amides is 1. The zero-order valence-corrected chi connectivity index (χ0v) is 12.2. The summed E-state index contributed by atoms with van der Waals surface area (Å²) in [6.45, 7) is 0.184. The third-order valence-electron chi connectivity index (χ3n) is 3.32. The van der Waals surface area contributed by atoms with E-state index in [-0.39, 0.29) is 12.5 Å². The fourth-order valence-electron chi connectivity index (χ4n) is 2.23. The minimum Gasteiger partial charge on any atom is -0.485 e. The zero-order valence-electron chi connectivity index (χ0n) is 11.4. The van der Waals surface area contributed by atoms with Crippen LogP contribution in [0.3, 0.4) is 0 Å². The van der Waals surface area contributed by atoms with Gasteiger partial charge < -0.3 is 14.8 Å². The van der Waals surface area contributed by atoms with Gasteiger partial charge in [0.15, 0.2) is 11.5 Å². The molecule has 7 heteroatoms. The highest BCUT2D eigenvalue weighted by Crippen LogP contribution is 2.31. The number of benzene rings is 2. The molecular formula is C15H11N3O3S. The molecule has 0 unspecified atom stereocenters. The molecule has 0 saturated carbocycles. The SMILES string of the molecule is O=C(Nc1ccc2nsnc2c1)[C@@H]1COc2ccccc2O1. The third kappa shape index (κ3) is 2.35. The number of anilines is 1. The molecule has 0 saturated heterocycles. The monoisotopic (exact) mass is 313 g/mol. The fourth-order valence-corrected chi connectivity index (χ4v) is 2.75. The standard InChI is InChI=1S/C15H11N3O3S/c19-15(14-8-20-12-3-1-2-4-13(12)21-14)16-9-5-6-10-11(7-9)18-22-17-10/h1-7,14H,8H2,(H,16,19)/t14-/m0/s1. The molecule has 1 amide bonds. The average Bonchev–Trinajstić information content (AvgIpc) is 3.02. The zero-order chi connectivity index (χ0) is 14.9. The first-order chi connectivity index (χ1) is 10.8. The van der Waals surface area contributed by atoms with E-state index in [2.05, 4.69) is 14.1 Å². The number of nitrogens with one attached hydrogen (secondary N) is 1. The molecule has 2 heterocycles. The topological polar surface area (TPSA) is 73.3 Å². The summed E-state index contributed by atoms with van der Waals surface area (Å²) < 4.78 is 19.5. The van der Waals surface area contributed by atoms with Crippen molar-refractivity contribution in [1.82, 2.24) is 8.75 Å². The summed E-state index contributed by atoms with van der Waals surface area (Å²) in [7, 11) is 0. The molecule has 0 bridgehead atoms. The first kappa shape index (κ1) is 13.0. The lowest BCUT2D eigenvalue weighted by Gasteiger charge is -2.25. The molecule has 0 aliphatic carbocycles. The Morgan fingerprint density at radius 1 is 1.14 bits per heavy atom. The van der Waals surface area contributed by atoms with Gasteiger partial charge in [-0.25, -0.2) is 0 Å². The number of nitrogens with zero attached hydrogens (tertiary/aromatic N) is 2. The van der Waals surface area contributed by atoms with Gasteiger partial charge in [0.2, 0.25) is 6.10 Å². The maximum atomic E-state index is 12.3. The third-order valence-corrected chi connectivity index (χ3v) is 3.88.